The topological polar surface area (TPSA) is 348 Å². The van der Waals surface area contributed by atoms with E-state index >= 15 is 0 Å². The molecule has 18 N–H and O–H groups in total. The van der Waals surface area contributed by atoms with E-state index in [4.69, 9.17) is 61.8 Å². The molecule has 19 atom stereocenters. The van der Waals surface area contributed by atoms with Gasteiger partial charge in [0.1, 0.15) is 67.1 Å². The molecule has 1 aromatic rings. The molecule has 3 aliphatic heterocycles. The first-order valence-corrected chi connectivity index (χ1v) is 18.5. The monoisotopic (exact) mass is 776 g/mol. The number of nitrogens with two attached hydrogens (primary N) is 5. The lowest BCUT2D eigenvalue weighted by Gasteiger charge is -2.47. The van der Waals surface area contributed by atoms with E-state index in [1.54, 1.807) is 0 Å². The lowest BCUT2D eigenvalue weighted by molar-refractivity contribution is -0.310. The Hall–Kier alpha value is -1.58. The van der Waals surface area contributed by atoms with E-state index in [1.807, 2.05) is 18.2 Å². The van der Waals surface area contributed by atoms with Crippen molar-refractivity contribution < 1.29 is 68.9 Å². The quantitative estimate of drug-likeness (QED) is 0.0654. The Morgan fingerprint density at radius 2 is 1.24 bits per heavy atom. The summed E-state index contributed by atoms with van der Waals surface area (Å²) >= 11 is 0. The molecule has 4 aliphatic rings. The molecule has 0 bridgehead atoms. The van der Waals surface area contributed by atoms with Crippen LogP contribution in [-0.4, -0.2) is 191 Å². The Balaban J connectivity index is 1.25. The van der Waals surface area contributed by atoms with E-state index in [9.17, 15) is 35.7 Å². The average Bonchev–Trinajstić information content (AvgIpc) is 3.45. The molecule has 1 saturated carbocycles. The zero-order valence-electron chi connectivity index (χ0n) is 30.1. The van der Waals surface area contributed by atoms with Crippen molar-refractivity contribution in [2.75, 3.05) is 39.5 Å². The second-order valence-electron chi connectivity index (χ2n) is 14.4. The highest BCUT2D eigenvalue weighted by Crippen LogP contribution is 2.34. The fourth-order valence-electron chi connectivity index (χ4n) is 7.22. The van der Waals surface area contributed by atoms with Gasteiger partial charge in [0.2, 0.25) is 0 Å². The molecule has 20 nitrogen and oxygen atoms in total. The number of rotatable bonds is 17. The van der Waals surface area contributed by atoms with Crippen LogP contribution in [0.3, 0.4) is 0 Å². The molecule has 3 heterocycles. The maximum atomic E-state index is 11.6. The fraction of sp³-hybridized carbons (Fsp3) is 0.824. The van der Waals surface area contributed by atoms with Gasteiger partial charge in [-0.1, -0.05) is 30.3 Å². The summed E-state index contributed by atoms with van der Waals surface area (Å²) in [6, 6.07) is 5.87. The average molecular weight is 777 g/mol. The first kappa shape index (κ1) is 43.5. The summed E-state index contributed by atoms with van der Waals surface area (Å²) in [5.41, 5.74) is 31.9. The van der Waals surface area contributed by atoms with Gasteiger partial charge in [0.25, 0.3) is 0 Å². The maximum absolute atomic E-state index is 11.6. The predicted octanol–water partition coefficient (Wildman–Crippen LogP) is -6.62. The highest BCUT2D eigenvalue weighted by atomic mass is 16.8. The Labute approximate surface area is 313 Å². The van der Waals surface area contributed by atoms with Crippen LogP contribution in [-0.2, 0) is 39.6 Å². The normalized spacial score (nSPS) is 44.4. The number of aryl methyl sites for hydroxylation is 1. The van der Waals surface area contributed by atoms with Crippen molar-refractivity contribution in [3.05, 3.63) is 35.9 Å². The van der Waals surface area contributed by atoms with Crippen LogP contribution in [0, 0.1) is 0 Å². The second kappa shape index (κ2) is 20.2. The van der Waals surface area contributed by atoms with Crippen molar-refractivity contribution >= 4 is 0 Å². The van der Waals surface area contributed by atoms with E-state index in [1.165, 1.54) is 5.56 Å². The maximum Gasteiger partial charge on any atom is 0.187 e. The van der Waals surface area contributed by atoms with E-state index in [-0.39, 0.29) is 26.2 Å². The molecule has 20 heteroatoms. The van der Waals surface area contributed by atoms with Gasteiger partial charge in [-0.05, 0) is 31.4 Å². The summed E-state index contributed by atoms with van der Waals surface area (Å²) in [6.07, 6.45) is -18.2. The SMILES string of the molecule is NC[C@H]1O[C@@H](O[C@H]2[C@@H](O)[C@H](O[C@H]3[C@H](O)[C@@H](N)C[C@@H](N)[C@@H]3O[C@H]3O[C@H](CO)[C@@H](O)[C@H](O)[C@H]3N)O[C@@H]2COCCNCCCc2ccccc2)[C@@H](N)[C@H](O)[C@H]1O. The first-order valence-electron chi connectivity index (χ1n) is 18.5. The van der Waals surface area contributed by atoms with Crippen molar-refractivity contribution in [1.82, 2.24) is 5.32 Å². The lowest BCUT2D eigenvalue weighted by Crippen LogP contribution is -2.68. The summed E-state index contributed by atoms with van der Waals surface area (Å²) in [5, 5.41) is 77.5. The minimum atomic E-state index is -1.57. The number of nitrogens with one attached hydrogen (secondary N) is 1. The molecule has 0 spiro atoms. The smallest absolute Gasteiger partial charge is 0.187 e. The Morgan fingerprint density at radius 3 is 1.89 bits per heavy atom. The molecule has 0 aromatic heterocycles. The van der Waals surface area contributed by atoms with Gasteiger partial charge in [-0.3, -0.25) is 0 Å². The Kier molecular flexibility index (Phi) is 16.3. The van der Waals surface area contributed by atoms with Gasteiger partial charge in [0, 0.05) is 25.2 Å². The lowest BCUT2D eigenvalue weighted by atomic mass is 9.84. The van der Waals surface area contributed by atoms with Gasteiger partial charge >= 0.3 is 0 Å². The van der Waals surface area contributed by atoms with Gasteiger partial charge < -0.3 is 103 Å². The van der Waals surface area contributed by atoms with Crippen LogP contribution in [0.15, 0.2) is 30.3 Å². The van der Waals surface area contributed by atoms with Crippen molar-refractivity contribution in [2.24, 2.45) is 28.7 Å². The number of ether oxygens (including phenoxy) is 7. The largest absolute Gasteiger partial charge is 0.394 e. The molecule has 3 saturated heterocycles. The second-order valence-corrected chi connectivity index (χ2v) is 14.4. The molecule has 5 rings (SSSR count). The molecular weight excluding hydrogens is 716 g/mol. The summed E-state index contributed by atoms with van der Waals surface area (Å²) in [4.78, 5) is 0. The number of aliphatic hydroxyl groups is 7. The highest BCUT2D eigenvalue weighted by Gasteiger charge is 2.54. The van der Waals surface area contributed by atoms with Crippen LogP contribution in [0.4, 0.5) is 0 Å². The third-order valence-electron chi connectivity index (χ3n) is 10.5. The Morgan fingerprint density at radius 1 is 0.648 bits per heavy atom. The van der Waals surface area contributed by atoms with Crippen molar-refractivity contribution in [1.29, 1.82) is 0 Å². The minimum Gasteiger partial charge on any atom is -0.394 e. The van der Waals surface area contributed by atoms with Gasteiger partial charge in [0.05, 0.1) is 38.0 Å². The number of benzene rings is 1. The van der Waals surface area contributed by atoms with Gasteiger partial charge in [-0.25, -0.2) is 0 Å². The zero-order chi connectivity index (χ0) is 39.1. The molecule has 4 fully saturated rings. The third-order valence-corrected chi connectivity index (χ3v) is 10.5. The molecule has 1 aliphatic carbocycles. The van der Waals surface area contributed by atoms with Gasteiger partial charge in [0.15, 0.2) is 18.9 Å². The molecular formula is C34H60N6O14. The van der Waals surface area contributed by atoms with Crippen molar-refractivity contribution in [3.63, 3.8) is 0 Å². The van der Waals surface area contributed by atoms with E-state index in [0.717, 1.165) is 19.4 Å². The molecule has 0 radical (unpaired) electrons. The van der Waals surface area contributed by atoms with Crippen molar-refractivity contribution in [3.8, 4) is 0 Å². The van der Waals surface area contributed by atoms with Crippen molar-refractivity contribution in [2.45, 2.75) is 136 Å². The molecule has 0 unspecified atom stereocenters. The molecule has 310 valence electrons. The number of hydrogen-bond acceptors (Lipinski definition) is 20. The van der Waals surface area contributed by atoms with Crippen LogP contribution in [0.5, 0.6) is 0 Å². The third kappa shape index (κ3) is 10.3. The highest BCUT2D eigenvalue weighted by molar-refractivity contribution is 5.14. The van der Waals surface area contributed by atoms with Gasteiger partial charge in [-0.15, -0.1) is 0 Å². The zero-order valence-corrected chi connectivity index (χ0v) is 30.1. The van der Waals surface area contributed by atoms with E-state index in [2.05, 4.69) is 17.4 Å². The van der Waals surface area contributed by atoms with Crippen LogP contribution in [0.25, 0.3) is 0 Å². The van der Waals surface area contributed by atoms with Gasteiger partial charge in [-0.2, -0.15) is 0 Å². The standard InChI is InChI=1S/C34H60N6O14/c35-12-18-24(43)26(45)21(38)32(49-18)53-30-20(14-48-10-9-40-8-4-7-15-5-2-1-3-6-15)51-34(28(30)47)54-31-23(42)16(36)11-17(37)29(31)52-33-22(39)27(46)25(44)19(13-41)50-33/h1-3,5-6,16-34,40-47H,4,7-14,35-39H2/t16-,17+,18+,19+,20+,21-,22+,23+,24-,25+,26-,27+,28+,29-,30+,31-,32-,33+,34-/m0/s1. The van der Waals surface area contributed by atoms with Crippen LogP contribution < -0.4 is 34.0 Å². The summed E-state index contributed by atoms with van der Waals surface area (Å²) < 4.78 is 41.8. The summed E-state index contributed by atoms with van der Waals surface area (Å²) in [6.45, 7) is 0.655. The predicted molar refractivity (Wildman–Crippen MR) is 188 cm³/mol. The first-order chi connectivity index (χ1) is 25.9. The van der Waals surface area contributed by atoms with Crippen LogP contribution >= 0.6 is 0 Å². The summed E-state index contributed by atoms with van der Waals surface area (Å²) in [5.74, 6) is 0. The van der Waals surface area contributed by atoms with E-state index in [0.29, 0.717) is 6.54 Å². The number of hydrogen-bond donors (Lipinski definition) is 13. The summed E-state index contributed by atoms with van der Waals surface area (Å²) in [7, 11) is 0. The fourth-order valence-corrected chi connectivity index (χ4v) is 7.22. The van der Waals surface area contributed by atoms with Crippen LogP contribution in [0.2, 0.25) is 0 Å². The van der Waals surface area contributed by atoms with Crippen LogP contribution in [0.1, 0.15) is 18.4 Å². The molecule has 1 aromatic carbocycles. The van der Waals surface area contributed by atoms with E-state index < -0.39 is 123 Å². The molecule has 54 heavy (non-hydrogen) atoms. The molecule has 0 amide bonds. The number of aliphatic hydroxyl groups excluding tert-OH is 7. The Bertz CT molecular complexity index is 1250. The minimum absolute atomic E-state index is 0.0756.